The zero-order valence-corrected chi connectivity index (χ0v) is 10.7. The van der Waals surface area contributed by atoms with Crippen molar-refractivity contribution in [2.24, 2.45) is 23.2 Å². The largest absolute Gasteiger partial charge is 0.0602 e. The fourth-order valence-corrected chi connectivity index (χ4v) is 3.62. The molecule has 0 heteroatoms. The fourth-order valence-electron chi connectivity index (χ4n) is 3.62. The molecule has 0 saturated heterocycles. The summed E-state index contributed by atoms with van der Waals surface area (Å²) in [5, 5.41) is 0. The molecule has 3 unspecified atom stereocenters. The smallest absolute Gasteiger partial charge is 0.0275 e. The molecule has 88 valence electrons. The van der Waals surface area contributed by atoms with Crippen molar-refractivity contribution in [2.45, 2.75) is 72.1 Å². The van der Waals surface area contributed by atoms with Crippen molar-refractivity contribution in [2.75, 3.05) is 0 Å². The number of fused-ring (bicyclic) bond motifs is 1. The molecule has 3 atom stereocenters. The molecule has 0 spiro atoms. The van der Waals surface area contributed by atoms with E-state index in [1.807, 2.05) is 0 Å². The molecule has 2 saturated carbocycles. The first-order valence-corrected chi connectivity index (χ1v) is 6.82. The van der Waals surface area contributed by atoms with Gasteiger partial charge in [0.15, 0.2) is 0 Å². The Morgan fingerprint density at radius 3 is 2.33 bits per heavy atom. The van der Waals surface area contributed by atoms with Crippen LogP contribution in [0.3, 0.4) is 0 Å². The van der Waals surface area contributed by atoms with Crippen LogP contribution >= 0.6 is 0 Å². The van der Waals surface area contributed by atoms with Crippen LogP contribution in [-0.4, -0.2) is 0 Å². The highest BCUT2D eigenvalue weighted by Gasteiger charge is 2.33. The maximum atomic E-state index is 8.44. The fraction of sp³-hybridized carbons (Fsp3) is 1.00. The van der Waals surface area contributed by atoms with Crippen molar-refractivity contribution in [3.8, 4) is 0 Å². The molecule has 2 rings (SSSR count). The zero-order valence-electron chi connectivity index (χ0n) is 12.7. The summed E-state index contributed by atoms with van der Waals surface area (Å²) in [7, 11) is 0. The molecule has 0 N–H and O–H groups in total. The first-order chi connectivity index (χ1) is 7.82. The molecule has 0 radical (unpaired) electrons. The van der Waals surface area contributed by atoms with Crippen LogP contribution in [0.25, 0.3) is 0 Å². The van der Waals surface area contributed by atoms with Crippen molar-refractivity contribution in [3.63, 3.8) is 0 Å². The maximum absolute atomic E-state index is 8.44. The highest BCUT2D eigenvalue weighted by atomic mass is 14.4. The molecule has 15 heavy (non-hydrogen) atoms. The van der Waals surface area contributed by atoms with E-state index in [9.17, 15) is 0 Å². The summed E-state index contributed by atoms with van der Waals surface area (Å²) in [6, 6.07) is 0. The van der Waals surface area contributed by atoms with Crippen LogP contribution in [0.1, 0.15) is 74.8 Å². The van der Waals surface area contributed by atoms with Crippen molar-refractivity contribution in [1.29, 1.82) is 0 Å². The summed E-state index contributed by atoms with van der Waals surface area (Å²) >= 11 is 0. The Morgan fingerprint density at radius 1 is 1.00 bits per heavy atom. The Kier molecular flexibility index (Phi) is 2.71. The van der Waals surface area contributed by atoms with E-state index in [0.29, 0.717) is 5.92 Å². The maximum Gasteiger partial charge on any atom is 0.0275 e. The highest BCUT2D eigenvalue weighted by molar-refractivity contribution is 4.84. The van der Waals surface area contributed by atoms with Gasteiger partial charge in [0.25, 0.3) is 0 Å². The summed E-state index contributed by atoms with van der Waals surface area (Å²) in [6.07, 6.45) is 8.11. The Hall–Kier alpha value is 0. The van der Waals surface area contributed by atoms with E-state index in [0.717, 1.165) is 24.7 Å². The standard InChI is InChI=1S/C15H28/c1-15(2,3)11-12-8-9-13-6-4-5-7-14(13)10-12/h12-14H,4-11H2,1-3H3/i11D2. The third kappa shape index (κ3) is 3.23. The molecule has 2 aliphatic rings. The molecular formula is C15H28. The van der Waals surface area contributed by atoms with Gasteiger partial charge >= 0.3 is 0 Å². The van der Waals surface area contributed by atoms with Gasteiger partial charge < -0.3 is 0 Å². The van der Waals surface area contributed by atoms with Crippen LogP contribution in [0.4, 0.5) is 0 Å². The number of hydrogen-bond donors (Lipinski definition) is 0. The van der Waals surface area contributed by atoms with Crippen LogP contribution in [0.15, 0.2) is 0 Å². The quantitative estimate of drug-likeness (QED) is 0.569. The summed E-state index contributed by atoms with van der Waals surface area (Å²) in [6.45, 7) is 6.17. The van der Waals surface area contributed by atoms with Crippen molar-refractivity contribution in [3.05, 3.63) is 0 Å². The van der Waals surface area contributed by atoms with E-state index in [-0.39, 0.29) is 5.41 Å². The Morgan fingerprint density at radius 2 is 1.67 bits per heavy atom. The van der Waals surface area contributed by atoms with Gasteiger partial charge in [-0.05, 0) is 42.4 Å². The molecular weight excluding hydrogens is 180 g/mol. The van der Waals surface area contributed by atoms with E-state index in [4.69, 9.17) is 2.74 Å². The average Bonchev–Trinajstić information content (AvgIpc) is 2.27. The van der Waals surface area contributed by atoms with Crippen molar-refractivity contribution in [1.82, 2.24) is 0 Å². The van der Waals surface area contributed by atoms with Crippen LogP contribution < -0.4 is 0 Å². The third-order valence-electron chi connectivity index (χ3n) is 4.18. The second kappa shape index (κ2) is 4.47. The lowest BCUT2D eigenvalue weighted by Gasteiger charge is -2.41. The summed E-state index contributed by atoms with van der Waals surface area (Å²) in [5.74, 6) is 2.05. The van der Waals surface area contributed by atoms with E-state index in [1.54, 1.807) is 0 Å². The van der Waals surface area contributed by atoms with Crippen LogP contribution in [-0.2, 0) is 0 Å². The molecule has 0 aromatic rings. The monoisotopic (exact) mass is 210 g/mol. The van der Waals surface area contributed by atoms with Gasteiger partial charge in [0.1, 0.15) is 0 Å². The van der Waals surface area contributed by atoms with E-state index in [2.05, 4.69) is 20.8 Å². The van der Waals surface area contributed by atoms with Gasteiger partial charge in [-0.3, -0.25) is 0 Å². The minimum atomic E-state index is -1.00. The summed E-state index contributed by atoms with van der Waals surface area (Å²) < 4.78 is 16.9. The molecule has 0 aliphatic heterocycles. The molecule has 0 heterocycles. The molecule has 2 fully saturated rings. The second-order valence-corrected chi connectivity index (χ2v) is 6.71. The van der Waals surface area contributed by atoms with Crippen LogP contribution in [0, 0.1) is 23.2 Å². The molecule has 0 aromatic carbocycles. The highest BCUT2D eigenvalue weighted by Crippen LogP contribution is 2.45. The van der Waals surface area contributed by atoms with Gasteiger partial charge in [-0.1, -0.05) is 52.9 Å². The third-order valence-corrected chi connectivity index (χ3v) is 4.18. The lowest BCUT2D eigenvalue weighted by molar-refractivity contribution is 0.107. The van der Waals surface area contributed by atoms with Crippen LogP contribution in [0.2, 0.25) is 0 Å². The Bertz CT molecular complexity index is 265. The summed E-state index contributed by atoms with van der Waals surface area (Å²) in [5.41, 5.74) is -0.223. The minimum Gasteiger partial charge on any atom is -0.0602 e. The van der Waals surface area contributed by atoms with E-state index >= 15 is 0 Å². The summed E-state index contributed by atoms with van der Waals surface area (Å²) in [4.78, 5) is 0. The van der Waals surface area contributed by atoms with Crippen molar-refractivity contribution >= 4 is 0 Å². The first kappa shape index (κ1) is 9.07. The van der Waals surface area contributed by atoms with Crippen molar-refractivity contribution < 1.29 is 2.74 Å². The molecule has 0 aromatic heterocycles. The Balaban J connectivity index is 2.04. The zero-order chi connectivity index (χ0) is 12.7. The Labute approximate surface area is 98.6 Å². The number of rotatable bonds is 1. The number of hydrogen-bond acceptors (Lipinski definition) is 0. The van der Waals surface area contributed by atoms with E-state index in [1.165, 1.54) is 32.1 Å². The van der Waals surface area contributed by atoms with Gasteiger partial charge in [-0.15, -0.1) is 0 Å². The lowest BCUT2D eigenvalue weighted by Crippen LogP contribution is -2.29. The second-order valence-electron chi connectivity index (χ2n) is 6.71. The molecule has 2 aliphatic carbocycles. The molecule has 0 amide bonds. The molecule has 0 nitrogen and oxygen atoms in total. The van der Waals surface area contributed by atoms with Gasteiger partial charge in [-0.25, -0.2) is 0 Å². The molecule has 0 bridgehead atoms. The van der Waals surface area contributed by atoms with E-state index < -0.39 is 6.37 Å². The van der Waals surface area contributed by atoms with Gasteiger partial charge in [0, 0.05) is 2.74 Å². The topological polar surface area (TPSA) is 0 Å². The average molecular weight is 210 g/mol. The van der Waals surface area contributed by atoms with Gasteiger partial charge in [0.05, 0.1) is 0 Å². The normalized spacial score (nSPS) is 40.3. The predicted molar refractivity (Wildman–Crippen MR) is 66.9 cm³/mol. The lowest BCUT2D eigenvalue weighted by atomic mass is 9.65. The van der Waals surface area contributed by atoms with Crippen LogP contribution in [0.5, 0.6) is 0 Å². The minimum absolute atomic E-state index is 0.223. The SMILES string of the molecule is [2H]C([2H])(C1CCC2CCCCC2C1)C(C)(C)C. The first-order valence-electron chi connectivity index (χ1n) is 7.82. The van der Waals surface area contributed by atoms with Gasteiger partial charge in [0.2, 0.25) is 0 Å². The van der Waals surface area contributed by atoms with Gasteiger partial charge in [-0.2, -0.15) is 0 Å². The predicted octanol–water partition coefficient (Wildman–Crippen LogP) is 5.03.